The number of thiazole rings is 1. The standard InChI is InChI=1S/C46H60ClN5O8S/c1-10-28-21-46(28,43(56)57-9)22-36(53)35-18-30(23-52(35)42(55)32(45(4,5)6)19-39(54)60-29-16-26-15-27(26)17-29)59-38-20-33(34-24-61-44(50-34)48-25(2)3)49-41-31(38)11-12-37(40(41)47)58-14-13-51(7)8/h10-12,20,24-30,32,35H,1,13-19,21-23H2,2-9H3,(H,48,50)/t26-,27+,28-,29?,30-,32-,35+,46?/m1/s1. The molecule has 3 heterocycles. The fourth-order valence-electron chi connectivity index (χ4n) is 9.11. The van der Waals surface area contributed by atoms with Crippen LogP contribution in [0.3, 0.4) is 0 Å². The lowest BCUT2D eigenvalue weighted by Gasteiger charge is -2.35. The molecule has 15 heteroatoms. The summed E-state index contributed by atoms with van der Waals surface area (Å²) < 4.78 is 24.0. The van der Waals surface area contributed by atoms with Crippen LogP contribution in [-0.4, -0.2) is 109 Å². The number of methoxy groups -OCH3 is 1. The summed E-state index contributed by atoms with van der Waals surface area (Å²) in [6.45, 7) is 14.9. The molecule has 0 radical (unpaired) electrons. The predicted octanol–water partition coefficient (Wildman–Crippen LogP) is 7.84. The van der Waals surface area contributed by atoms with Gasteiger partial charge in [-0.25, -0.2) is 9.97 Å². The number of aromatic nitrogens is 2. The first kappa shape index (κ1) is 44.8. The first-order valence-corrected chi connectivity index (χ1v) is 22.7. The highest BCUT2D eigenvalue weighted by molar-refractivity contribution is 7.14. The van der Waals surface area contributed by atoms with Gasteiger partial charge < -0.3 is 34.1 Å². The zero-order valence-corrected chi connectivity index (χ0v) is 38.2. The number of hydrogen-bond donors (Lipinski definition) is 1. The molecule has 61 heavy (non-hydrogen) atoms. The number of halogens is 1. The Hall–Kier alpha value is -4.27. The number of amides is 1. The number of rotatable bonds is 18. The fraction of sp³-hybridized carbons (Fsp3) is 0.609. The number of hydrogen-bond acceptors (Lipinski definition) is 13. The maximum Gasteiger partial charge on any atom is 0.312 e. The molecule has 1 aliphatic heterocycles. The summed E-state index contributed by atoms with van der Waals surface area (Å²) in [5.74, 6) is -0.275. The number of carbonyl (C=O) groups excluding carboxylic acids is 4. The lowest BCUT2D eigenvalue weighted by molar-refractivity contribution is -0.157. The van der Waals surface area contributed by atoms with Crippen molar-refractivity contribution in [1.29, 1.82) is 0 Å². The summed E-state index contributed by atoms with van der Waals surface area (Å²) in [7, 11) is 5.24. The minimum absolute atomic E-state index is 0.0662. The van der Waals surface area contributed by atoms with E-state index in [0.29, 0.717) is 70.2 Å². The Balaban J connectivity index is 1.21. The topological polar surface area (TPSA) is 149 Å². The van der Waals surface area contributed by atoms with Crippen LogP contribution in [0.5, 0.6) is 11.5 Å². The van der Waals surface area contributed by atoms with Gasteiger partial charge in [-0.3, -0.25) is 19.2 Å². The van der Waals surface area contributed by atoms with E-state index < -0.39 is 40.8 Å². The molecule has 3 aliphatic carbocycles. The van der Waals surface area contributed by atoms with Crippen molar-refractivity contribution in [2.45, 2.75) is 104 Å². The summed E-state index contributed by atoms with van der Waals surface area (Å²) in [6.07, 6.45) is 4.23. The number of carbonyl (C=O) groups is 4. The quantitative estimate of drug-likeness (QED) is 0.0980. The molecule has 330 valence electrons. The van der Waals surface area contributed by atoms with Crippen LogP contribution >= 0.6 is 22.9 Å². The number of benzene rings is 1. The minimum Gasteiger partial charge on any atom is -0.491 e. The Morgan fingerprint density at radius 1 is 1.07 bits per heavy atom. The first-order chi connectivity index (χ1) is 28.9. The van der Waals surface area contributed by atoms with E-state index in [0.717, 1.165) is 18.0 Å². The summed E-state index contributed by atoms with van der Waals surface area (Å²) >= 11 is 8.51. The number of fused-ring (bicyclic) bond motifs is 2. The fourth-order valence-corrected chi connectivity index (χ4v) is 10.2. The molecule has 3 saturated carbocycles. The van der Waals surface area contributed by atoms with Gasteiger partial charge in [0.1, 0.15) is 41.0 Å². The molecule has 4 fully saturated rings. The molecule has 1 aromatic carbocycles. The molecule has 1 amide bonds. The number of allylic oxidation sites excluding steroid dienone is 1. The van der Waals surface area contributed by atoms with E-state index in [1.165, 1.54) is 24.9 Å². The Morgan fingerprint density at radius 2 is 1.80 bits per heavy atom. The number of nitrogens with one attached hydrogen (secondary N) is 1. The molecule has 0 bridgehead atoms. The number of ketones is 1. The average Bonchev–Trinajstić information content (AvgIpc) is 3.86. The lowest BCUT2D eigenvalue weighted by Crippen LogP contribution is -2.48. The predicted molar refractivity (Wildman–Crippen MR) is 236 cm³/mol. The van der Waals surface area contributed by atoms with Gasteiger partial charge >= 0.3 is 11.9 Å². The highest BCUT2D eigenvalue weighted by Gasteiger charge is 2.61. The Kier molecular flexibility index (Phi) is 13.1. The van der Waals surface area contributed by atoms with Crippen LogP contribution in [0.1, 0.15) is 79.6 Å². The van der Waals surface area contributed by atoms with E-state index in [2.05, 4.69) is 11.9 Å². The molecule has 3 aromatic rings. The Bertz CT molecular complexity index is 2160. The van der Waals surface area contributed by atoms with Crippen LogP contribution in [0.25, 0.3) is 22.3 Å². The third-order valence-electron chi connectivity index (χ3n) is 12.7. The van der Waals surface area contributed by atoms with Gasteiger partial charge in [0.05, 0.1) is 48.7 Å². The monoisotopic (exact) mass is 877 g/mol. The molecule has 1 saturated heterocycles. The number of pyridine rings is 1. The van der Waals surface area contributed by atoms with Crippen LogP contribution < -0.4 is 14.8 Å². The SMILES string of the molecule is C=C[C@@H]1CC1(CC(=O)[C@@H]1C[C@@H](Oc2cc(-c3csc(NC(C)C)n3)nc3c(Cl)c(OCCN(C)C)ccc23)CN1C(=O)[C@@H](CC(=O)OC1C[C@@H]2C[C@@H]2C1)C(C)(C)C)C(=O)OC. The summed E-state index contributed by atoms with van der Waals surface area (Å²) in [5, 5.41) is 6.94. The van der Waals surface area contributed by atoms with Gasteiger partial charge in [0.2, 0.25) is 5.91 Å². The highest BCUT2D eigenvalue weighted by Crippen LogP contribution is 2.57. The molecule has 2 aromatic heterocycles. The van der Waals surface area contributed by atoms with Crippen molar-refractivity contribution in [1.82, 2.24) is 19.8 Å². The number of Topliss-reactive ketones (excluding diaryl/α,β-unsaturated/α-hetero) is 1. The van der Waals surface area contributed by atoms with Crippen LogP contribution in [-0.2, 0) is 28.7 Å². The molecule has 8 atom stereocenters. The Labute approximate surface area is 367 Å². The van der Waals surface area contributed by atoms with Crippen molar-refractivity contribution in [3.05, 3.63) is 41.3 Å². The molecule has 7 rings (SSSR count). The molecule has 1 N–H and O–H groups in total. The van der Waals surface area contributed by atoms with E-state index in [1.54, 1.807) is 17.0 Å². The number of likely N-dealkylation sites (N-methyl/N-ethyl adjacent to an activating group) is 1. The van der Waals surface area contributed by atoms with Crippen molar-refractivity contribution in [3.63, 3.8) is 0 Å². The van der Waals surface area contributed by atoms with Gasteiger partial charge in [-0.15, -0.1) is 17.9 Å². The van der Waals surface area contributed by atoms with Gasteiger partial charge in [0, 0.05) is 42.3 Å². The van der Waals surface area contributed by atoms with Crippen molar-refractivity contribution in [2.75, 3.05) is 46.2 Å². The summed E-state index contributed by atoms with van der Waals surface area (Å²) in [4.78, 5) is 69.4. The van der Waals surface area contributed by atoms with E-state index in [4.69, 9.17) is 40.5 Å². The molecule has 13 nitrogen and oxygen atoms in total. The molecule has 0 spiro atoms. The number of nitrogens with zero attached hydrogens (tertiary/aromatic N) is 4. The third-order valence-corrected chi connectivity index (χ3v) is 13.9. The van der Waals surface area contributed by atoms with E-state index >= 15 is 0 Å². The van der Waals surface area contributed by atoms with Crippen molar-refractivity contribution >= 4 is 62.6 Å². The van der Waals surface area contributed by atoms with Crippen molar-refractivity contribution in [3.8, 4) is 22.9 Å². The minimum atomic E-state index is -1.04. The van der Waals surface area contributed by atoms with Crippen LogP contribution in [0.2, 0.25) is 5.02 Å². The number of ether oxygens (including phenoxy) is 4. The normalized spacial score (nSPS) is 25.9. The number of anilines is 1. The molecular weight excluding hydrogens is 818 g/mol. The zero-order valence-electron chi connectivity index (χ0n) is 36.6. The zero-order chi connectivity index (χ0) is 44.0. The van der Waals surface area contributed by atoms with Gasteiger partial charge in [-0.05, 0) is 88.9 Å². The van der Waals surface area contributed by atoms with Crippen LogP contribution in [0, 0.1) is 34.5 Å². The maximum atomic E-state index is 14.9. The Morgan fingerprint density at radius 3 is 2.44 bits per heavy atom. The number of esters is 2. The smallest absolute Gasteiger partial charge is 0.312 e. The molecule has 4 aliphatic rings. The second-order valence-electron chi connectivity index (χ2n) is 19.0. The lowest BCUT2D eigenvalue weighted by atomic mass is 9.77. The van der Waals surface area contributed by atoms with Gasteiger partial charge in [-0.2, -0.15) is 0 Å². The largest absolute Gasteiger partial charge is 0.491 e. The summed E-state index contributed by atoms with van der Waals surface area (Å²) in [6, 6.07) is 4.70. The van der Waals surface area contributed by atoms with E-state index in [1.807, 2.05) is 71.1 Å². The highest BCUT2D eigenvalue weighted by atomic mass is 35.5. The summed E-state index contributed by atoms with van der Waals surface area (Å²) in [5.41, 5.74) is -0.0797. The average molecular weight is 879 g/mol. The maximum absolute atomic E-state index is 14.9. The molecule has 2 unspecified atom stereocenters. The van der Waals surface area contributed by atoms with E-state index in [9.17, 15) is 19.2 Å². The molecular formula is C46H60ClN5O8S. The second kappa shape index (κ2) is 17.8. The van der Waals surface area contributed by atoms with Gasteiger partial charge in [0.15, 0.2) is 10.9 Å². The van der Waals surface area contributed by atoms with Crippen LogP contribution in [0.15, 0.2) is 36.2 Å². The van der Waals surface area contributed by atoms with E-state index in [-0.39, 0.29) is 55.6 Å². The van der Waals surface area contributed by atoms with Crippen LogP contribution in [0.4, 0.5) is 5.13 Å². The number of likely N-dealkylation sites (tertiary alicyclic amines) is 1. The van der Waals surface area contributed by atoms with Crippen molar-refractivity contribution < 1.29 is 38.1 Å². The first-order valence-electron chi connectivity index (χ1n) is 21.4. The van der Waals surface area contributed by atoms with Gasteiger partial charge in [0.25, 0.3) is 0 Å². The third kappa shape index (κ3) is 9.86. The second-order valence-corrected chi connectivity index (χ2v) is 20.3. The van der Waals surface area contributed by atoms with Gasteiger partial charge in [-0.1, -0.05) is 38.4 Å². The van der Waals surface area contributed by atoms with Crippen molar-refractivity contribution in [2.24, 2.45) is 34.5 Å².